The van der Waals surface area contributed by atoms with Crippen molar-refractivity contribution >= 4 is 17.9 Å². The number of aliphatic imine (C=N–C) groups is 1. The fourth-order valence-electron chi connectivity index (χ4n) is 2.58. The second kappa shape index (κ2) is 5.30. The molecule has 7 nitrogen and oxygen atoms in total. The largest absolute Gasteiger partial charge is 0.341 e. The van der Waals surface area contributed by atoms with Crippen molar-refractivity contribution in [1.29, 1.82) is 0 Å². The average molecular weight is 281 g/mol. The maximum atomic E-state index is 12.2. The smallest absolute Gasteiger partial charge is 0.319 e. The summed E-state index contributed by atoms with van der Waals surface area (Å²) in [4.78, 5) is 31.8. The summed E-state index contributed by atoms with van der Waals surface area (Å²) in [5.41, 5.74) is -0.600. The summed E-state index contributed by atoms with van der Waals surface area (Å²) in [6.07, 6.45) is 1.21. The van der Waals surface area contributed by atoms with Crippen LogP contribution < -0.4 is 10.6 Å². The molecule has 2 aliphatic heterocycles. The molecule has 2 heterocycles. The zero-order chi connectivity index (χ0) is 14.9. The van der Waals surface area contributed by atoms with Crippen molar-refractivity contribution in [3.8, 4) is 0 Å². The molecule has 2 saturated heterocycles. The Kier molecular flexibility index (Phi) is 3.87. The van der Waals surface area contributed by atoms with E-state index in [0.29, 0.717) is 31.9 Å². The Bertz CT molecular complexity index is 436. The Balaban J connectivity index is 2.02. The van der Waals surface area contributed by atoms with E-state index >= 15 is 0 Å². The van der Waals surface area contributed by atoms with Gasteiger partial charge in [0.15, 0.2) is 5.96 Å². The molecule has 20 heavy (non-hydrogen) atoms. The summed E-state index contributed by atoms with van der Waals surface area (Å²) in [6, 6.07) is 0.123. The molecule has 2 rings (SSSR count). The van der Waals surface area contributed by atoms with Gasteiger partial charge >= 0.3 is 6.03 Å². The summed E-state index contributed by atoms with van der Waals surface area (Å²) < 4.78 is 0. The Labute approximate surface area is 119 Å². The maximum absolute atomic E-state index is 12.2. The molecule has 3 amide bonds. The minimum absolute atomic E-state index is 0.00525. The molecule has 1 spiro atoms. The summed E-state index contributed by atoms with van der Waals surface area (Å²) in [5, 5.41) is 6.01. The second-order valence-electron chi connectivity index (χ2n) is 5.90. The first-order valence-corrected chi connectivity index (χ1v) is 6.98. The monoisotopic (exact) mass is 281 g/mol. The number of rotatable bonds is 1. The topological polar surface area (TPSA) is 77.0 Å². The molecule has 2 fully saturated rings. The molecule has 2 aliphatic rings. The fraction of sp³-hybridized carbons (Fsp3) is 0.769. The van der Waals surface area contributed by atoms with Crippen LogP contribution in [0, 0.1) is 0 Å². The lowest BCUT2D eigenvalue weighted by molar-refractivity contribution is -0.125. The molecule has 112 valence electrons. The van der Waals surface area contributed by atoms with E-state index in [4.69, 9.17) is 0 Å². The van der Waals surface area contributed by atoms with E-state index < -0.39 is 5.54 Å². The highest BCUT2D eigenvalue weighted by atomic mass is 16.2. The van der Waals surface area contributed by atoms with Gasteiger partial charge in [-0.1, -0.05) is 0 Å². The number of carbonyl (C=O) groups is 2. The molecule has 0 aromatic heterocycles. The van der Waals surface area contributed by atoms with Crippen molar-refractivity contribution in [3.05, 3.63) is 0 Å². The highest BCUT2D eigenvalue weighted by Gasteiger charge is 2.47. The van der Waals surface area contributed by atoms with Crippen molar-refractivity contribution in [1.82, 2.24) is 20.4 Å². The third kappa shape index (κ3) is 2.71. The van der Waals surface area contributed by atoms with Crippen molar-refractivity contribution in [2.24, 2.45) is 4.99 Å². The van der Waals surface area contributed by atoms with Crippen LogP contribution >= 0.6 is 0 Å². The zero-order valence-corrected chi connectivity index (χ0v) is 12.6. The van der Waals surface area contributed by atoms with Gasteiger partial charge in [-0.05, 0) is 26.7 Å². The number of amides is 3. The predicted octanol–water partition coefficient (Wildman–Crippen LogP) is -0.0136. The molecule has 0 saturated carbocycles. The number of hydrogen-bond donors (Lipinski definition) is 2. The van der Waals surface area contributed by atoms with Gasteiger partial charge in [-0.25, -0.2) is 4.79 Å². The number of nitrogens with one attached hydrogen (secondary N) is 2. The highest BCUT2D eigenvalue weighted by Crippen LogP contribution is 2.26. The molecule has 0 bridgehead atoms. The van der Waals surface area contributed by atoms with Gasteiger partial charge in [0.2, 0.25) is 0 Å². The standard InChI is InChI=1S/C13H23N5O2/c1-9(2)14-11-15-10(19)13(16-11)5-7-18(8-6-13)12(20)17(3)4/h9H,5-8H2,1-4H3,(H2,14,15,16,19). The third-order valence-electron chi connectivity index (χ3n) is 3.68. The quantitative estimate of drug-likeness (QED) is 0.709. The first kappa shape index (κ1) is 14.6. The lowest BCUT2D eigenvalue weighted by atomic mass is 9.88. The Morgan fingerprint density at radius 2 is 1.95 bits per heavy atom. The maximum Gasteiger partial charge on any atom is 0.319 e. The summed E-state index contributed by atoms with van der Waals surface area (Å²) in [5.74, 6) is 0.520. The first-order valence-electron chi connectivity index (χ1n) is 6.98. The van der Waals surface area contributed by atoms with E-state index in [9.17, 15) is 9.59 Å². The minimum Gasteiger partial charge on any atom is -0.341 e. The van der Waals surface area contributed by atoms with Gasteiger partial charge in [0.1, 0.15) is 5.54 Å². The van der Waals surface area contributed by atoms with Crippen LogP contribution in [0.5, 0.6) is 0 Å². The van der Waals surface area contributed by atoms with E-state index in [-0.39, 0.29) is 18.0 Å². The number of nitrogens with zero attached hydrogens (tertiary/aromatic N) is 3. The van der Waals surface area contributed by atoms with E-state index in [1.54, 1.807) is 23.9 Å². The van der Waals surface area contributed by atoms with Crippen LogP contribution in [-0.4, -0.2) is 66.5 Å². The van der Waals surface area contributed by atoms with Crippen molar-refractivity contribution < 1.29 is 9.59 Å². The van der Waals surface area contributed by atoms with Crippen LogP contribution in [0.4, 0.5) is 4.79 Å². The van der Waals surface area contributed by atoms with Crippen molar-refractivity contribution in [3.63, 3.8) is 0 Å². The number of urea groups is 1. The summed E-state index contributed by atoms with van der Waals surface area (Å²) in [7, 11) is 3.47. The van der Waals surface area contributed by atoms with E-state index in [2.05, 4.69) is 15.6 Å². The van der Waals surface area contributed by atoms with Gasteiger partial charge in [-0.3, -0.25) is 15.1 Å². The van der Waals surface area contributed by atoms with E-state index in [1.165, 1.54) is 0 Å². The minimum atomic E-state index is -0.600. The number of hydrogen-bond acceptors (Lipinski definition) is 3. The molecular weight excluding hydrogens is 258 g/mol. The predicted molar refractivity (Wildman–Crippen MR) is 76.5 cm³/mol. The van der Waals surface area contributed by atoms with Gasteiger partial charge in [0.25, 0.3) is 5.91 Å². The SMILES string of the molecule is CC(C)N=C1NC(=O)C2(CCN(C(=O)N(C)C)CC2)N1. The lowest BCUT2D eigenvalue weighted by Gasteiger charge is -2.38. The third-order valence-corrected chi connectivity index (χ3v) is 3.68. The molecule has 0 aromatic rings. The van der Waals surface area contributed by atoms with Crippen LogP contribution in [0.15, 0.2) is 4.99 Å². The van der Waals surface area contributed by atoms with Crippen molar-refractivity contribution in [2.75, 3.05) is 27.2 Å². The van der Waals surface area contributed by atoms with Crippen LogP contribution in [0.1, 0.15) is 26.7 Å². The van der Waals surface area contributed by atoms with Crippen LogP contribution in [0.3, 0.4) is 0 Å². The zero-order valence-electron chi connectivity index (χ0n) is 12.6. The molecule has 7 heteroatoms. The number of carbonyl (C=O) groups excluding carboxylic acids is 2. The average Bonchev–Trinajstić information content (AvgIpc) is 2.65. The molecule has 0 aromatic carbocycles. The molecule has 0 radical (unpaired) electrons. The number of likely N-dealkylation sites (tertiary alicyclic amines) is 1. The number of piperidine rings is 1. The fourth-order valence-corrected chi connectivity index (χ4v) is 2.58. The Morgan fingerprint density at radius 1 is 1.35 bits per heavy atom. The molecule has 0 aliphatic carbocycles. The van der Waals surface area contributed by atoms with Crippen LogP contribution in [-0.2, 0) is 4.79 Å². The van der Waals surface area contributed by atoms with Crippen LogP contribution in [0.25, 0.3) is 0 Å². The highest BCUT2D eigenvalue weighted by molar-refractivity contribution is 6.09. The summed E-state index contributed by atoms with van der Waals surface area (Å²) in [6.45, 7) is 5.08. The molecule has 2 N–H and O–H groups in total. The second-order valence-corrected chi connectivity index (χ2v) is 5.90. The van der Waals surface area contributed by atoms with Gasteiger partial charge in [-0.2, -0.15) is 0 Å². The summed E-state index contributed by atoms with van der Waals surface area (Å²) >= 11 is 0. The van der Waals surface area contributed by atoms with Gasteiger partial charge in [0, 0.05) is 33.2 Å². The van der Waals surface area contributed by atoms with E-state index in [0.717, 1.165) is 0 Å². The number of guanidine groups is 1. The van der Waals surface area contributed by atoms with Crippen LogP contribution in [0.2, 0.25) is 0 Å². The van der Waals surface area contributed by atoms with E-state index in [1.807, 2.05) is 13.8 Å². The van der Waals surface area contributed by atoms with Gasteiger partial charge < -0.3 is 15.1 Å². The lowest BCUT2D eigenvalue weighted by Crippen LogP contribution is -2.57. The Morgan fingerprint density at radius 3 is 2.45 bits per heavy atom. The normalized spacial score (nSPS) is 23.1. The van der Waals surface area contributed by atoms with Gasteiger partial charge in [-0.15, -0.1) is 0 Å². The Hall–Kier alpha value is -1.79. The van der Waals surface area contributed by atoms with Gasteiger partial charge in [0.05, 0.1) is 0 Å². The molecule has 0 atom stereocenters. The van der Waals surface area contributed by atoms with Crippen molar-refractivity contribution in [2.45, 2.75) is 38.3 Å². The molecular formula is C13H23N5O2. The first-order chi connectivity index (χ1) is 9.34. The molecule has 0 unspecified atom stereocenters.